The van der Waals surface area contributed by atoms with Crippen molar-refractivity contribution >= 4 is 23.3 Å². The van der Waals surface area contributed by atoms with E-state index in [-0.39, 0.29) is 12.5 Å². The molecule has 2 rings (SSSR count). The molecule has 2 N–H and O–H groups in total. The van der Waals surface area contributed by atoms with E-state index in [4.69, 9.17) is 4.74 Å². The van der Waals surface area contributed by atoms with Gasteiger partial charge in [0.2, 0.25) is 0 Å². The largest absolute Gasteiger partial charge is 0.452 e. The van der Waals surface area contributed by atoms with Crippen molar-refractivity contribution in [3.8, 4) is 0 Å². The first-order valence-corrected chi connectivity index (χ1v) is 7.33. The van der Waals surface area contributed by atoms with Crippen LogP contribution in [0, 0.1) is 13.8 Å². The molecule has 23 heavy (non-hydrogen) atoms. The molecule has 0 bridgehead atoms. The molecule has 1 amide bonds. The molecule has 120 valence electrons. The zero-order valence-electron chi connectivity index (χ0n) is 13.5. The van der Waals surface area contributed by atoms with Gasteiger partial charge in [0.1, 0.15) is 0 Å². The first-order valence-electron chi connectivity index (χ1n) is 7.33. The van der Waals surface area contributed by atoms with Gasteiger partial charge in [0.25, 0.3) is 5.91 Å². The first kappa shape index (κ1) is 16.5. The summed E-state index contributed by atoms with van der Waals surface area (Å²) in [6.45, 7) is 3.50. The number of para-hydroxylation sites is 2. The van der Waals surface area contributed by atoms with Gasteiger partial charge in [0.15, 0.2) is 6.61 Å². The van der Waals surface area contributed by atoms with Gasteiger partial charge >= 0.3 is 5.97 Å². The van der Waals surface area contributed by atoms with E-state index < -0.39 is 5.97 Å². The van der Waals surface area contributed by atoms with Crippen LogP contribution in [0.25, 0.3) is 0 Å². The van der Waals surface area contributed by atoms with Crippen molar-refractivity contribution < 1.29 is 14.3 Å². The molecular formula is C18H20N2O3. The lowest BCUT2D eigenvalue weighted by molar-refractivity contribution is -0.119. The van der Waals surface area contributed by atoms with E-state index in [9.17, 15) is 9.59 Å². The van der Waals surface area contributed by atoms with Crippen LogP contribution in [0.4, 0.5) is 11.4 Å². The normalized spacial score (nSPS) is 10.0. The molecule has 0 fully saturated rings. The molecule has 0 radical (unpaired) electrons. The smallest absolute Gasteiger partial charge is 0.340 e. The zero-order chi connectivity index (χ0) is 16.8. The number of rotatable bonds is 5. The van der Waals surface area contributed by atoms with E-state index >= 15 is 0 Å². The number of aryl methyl sites for hydroxylation is 2. The van der Waals surface area contributed by atoms with Gasteiger partial charge in [0.05, 0.1) is 5.56 Å². The second-order valence-corrected chi connectivity index (χ2v) is 5.19. The number of carbonyl (C=O) groups is 2. The number of benzene rings is 2. The summed E-state index contributed by atoms with van der Waals surface area (Å²) >= 11 is 0. The van der Waals surface area contributed by atoms with Gasteiger partial charge < -0.3 is 15.4 Å². The highest BCUT2D eigenvalue weighted by atomic mass is 16.5. The van der Waals surface area contributed by atoms with Crippen LogP contribution in [0.1, 0.15) is 21.5 Å². The van der Waals surface area contributed by atoms with Crippen LogP contribution in [0.2, 0.25) is 0 Å². The van der Waals surface area contributed by atoms with Crippen molar-refractivity contribution in [2.24, 2.45) is 0 Å². The summed E-state index contributed by atoms with van der Waals surface area (Å²) in [6.07, 6.45) is 0. The molecule has 0 unspecified atom stereocenters. The predicted molar refractivity (Wildman–Crippen MR) is 90.8 cm³/mol. The summed E-state index contributed by atoms with van der Waals surface area (Å²) < 4.78 is 5.09. The molecule has 0 aromatic heterocycles. The van der Waals surface area contributed by atoms with Crippen molar-refractivity contribution in [3.63, 3.8) is 0 Å². The number of ether oxygens (including phenoxy) is 1. The van der Waals surface area contributed by atoms with Crippen LogP contribution in [0.3, 0.4) is 0 Å². The first-order chi connectivity index (χ1) is 11.0. The average Bonchev–Trinajstić information content (AvgIpc) is 2.56. The molecule has 0 aliphatic carbocycles. The summed E-state index contributed by atoms with van der Waals surface area (Å²) in [6, 6.07) is 12.7. The molecule has 5 nitrogen and oxygen atoms in total. The SMILES string of the molecule is CNc1ccccc1C(=O)OCC(=O)Nc1c(C)cccc1C. The van der Waals surface area contributed by atoms with Crippen LogP contribution < -0.4 is 10.6 Å². The van der Waals surface area contributed by atoms with Crippen LogP contribution in [0.5, 0.6) is 0 Å². The Bertz CT molecular complexity index is 706. The van der Waals surface area contributed by atoms with E-state index in [1.165, 1.54) is 0 Å². The van der Waals surface area contributed by atoms with Gasteiger partial charge in [-0.25, -0.2) is 4.79 Å². The summed E-state index contributed by atoms with van der Waals surface area (Å²) in [5.74, 6) is -0.899. The summed E-state index contributed by atoms with van der Waals surface area (Å²) in [5, 5.41) is 5.70. The molecule has 0 heterocycles. The third-order valence-corrected chi connectivity index (χ3v) is 3.50. The molecule has 2 aromatic rings. The molecule has 5 heteroatoms. The van der Waals surface area contributed by atoms with Crippen LogP contribution >= 0.6 is 0 Å². The highest BCUT2D eigenvalue weighted by molar-refractivity contribution is 5.98. The lowest BCUT2D eigenvalue weighted by Crippen LogP contribution is -2.22. The van der Waals surface area contributed by atoms with Crippen molar-refractivity contribution in [1.82, 2.24) is 0 Å². The van der Waals surface area contributed by atoms with Gasteiger partial charge in [-0.15, -0.1) is 0 Å². The minimum atomic E-state index is -0.536. The number of anilines is 2. The molecule has 2 aromatic carbocycles. The van der Waals surface area contributed by atoms with E-state index in [0.717, 1.165) is 16.8 Å². The fourth-order valence-electron chi connectivity index (χ4n) is 2.28. The minimum Gasteiger partial charge on any atom is -0.452 e. The fraction of sp³-hybridized carbons (Fsp3) is 0.222. The van der Waals surface area contributed by atoms with E-state index in [1.54, 1.807) is 25.2 Å². The van der Waals surface area contributed by atoms with Gasteiger partial charge in [0, 0.05) is 18.4 Å². The Morgan fingerprint density at radius 1 is 1.00 bits per heavy atom. The van der Waals surface area contributed by atoms with E-state index in [2.05, 4.69) is 10.6 Å². The minimum absolute atomic E-state index is 0.329. The number of carbonyl (C=O) groups excluding carboxylic acids is 2. The maximum Gasteiger partial charge on any atom is 0.340 e. The highest BCUT2D eigenvalue weighted by Crippen LogP contribution is 2.19. The maximum absolute atomic E-state index is 12.1. The van der Waals surface area contributed by atoms with Crippen molar-refractivity contribution in [2.75, 3.05) is 24.3 Å². The van der Waals surface area contributed by atoms with Gasteiger partial charge in [-0.1, -0.05) is 30.3 Å². The lowest BCUT2D eigenvalue weighted by atomic mass is 10.1. The van der Waals surface area contributed by atoms with Crippen molar-refractivity contribution in [2.45, 2.75) is 13.8 Å². The maximum atomic E-state index is 12.1. The third-order valence-electron chi connectivity index (χ3n) is 3.50. The Hall–Kier alpha value is -2.82. The standard InChI is InChI=1S/C18H20N2O3/c1-12-7-6-8-13(2)17(12)20-16(21)11-23-18(22)14-9-4-5-10-15(14)19-3/h4-10,19H,11H2,1-3H3,(H,20,21). The van der Waals surface area contributed by atoms with Gasteiger partial charge in [-0.2, -0.15) is 0 Å². The Kier molecular flexibility index (Phi) is 5.36. The van der Waals surface area contributed by atoms with E-state index in [0.29, 0.717) is 11.3 Å². The van der Waals surface area contributed by atoms with E-state index in [1.807, 2.05) is 38.1 Å². The summed E-state index contributed by atoms with van der Waals surface area (Å²) in [4.78, 5) is 24.1. The topological polar surface area (TPSA) is 67.4 Å². The Morgan fingerprint density at radius 3 is 2.30 bits per heavy atom. The number of nitrogens with one attached hydrogen (secondary N) is 2. The molecule has 0 saturated heterocycles. The quantitative estimate of drug-likeness (QED) is 0.832. The zero-order valence-corrected chi connectivity index (χ0v) is 13.5. The molecule has 0 saturated carbocycles. The second-order valence-electron chi connectivity index (χ2n) is 5.19. The number of hydrogen-bond donors (Lipinski definition) is 2. The fourth-order valence-corrected chi connectivity index (χ4v) is 2.28. The molecule has 0 aliphatic rings. The monoisotopic (exact) mass is 312 g/mol. The summed E-state index contributed by atoms with van der Waals surface area (Å²) in [5.41, 5.74) is 3.74. The molecule has 0 atom stereocenters. The highest BCUT2D eigenvalue weighted by Gasteiger charge is 2.14. The average molecular weight is 312 g/mol. The lowest BCUT2D eigenvalue weighted by Gasteiger charge is -2.12. The van der Waals surface area contributed by atoms with Crippen molar-refractivity contribution in [3.05, 3.63) is 59.2 Å². The number of amides is 1. The van der Waals surface area contributed by atoms with Gasteiger partial charge in [-0.3, -0.25) is 4.79 Å². The second kappa shape index (κ2) is 7.45. The van der Waals surface area contributed by atoms with Crippen LogP contribution in [-0.4, -0.2) is 25.5 Å². The molecule has 0 aliphatic heterocycles. The Labute approximate surface area is 135 Å². The Balaban J connectivity index is 1.98. The number of hydrogen-bond acceptors (Lipinski definition) is 4. The Morgan fingerprint density at radius 2 is 1.65 bits per heavy atom. The van der Waals surface area contributed by atoms with Crippen LogP contribution in [0.15, 0.2) is 42.5 Å². The summed E-state index contributed by atoms with van der Waals surface area (Å²) in [7, 11) is 1.72. The third kappa shape index (κ3) is 4.10. The number of esters is 1. The van der Waals surface area contributed by atoms with Crippen LogP contribution in [-0.2, 0) is 9.53 Å². The molecular weight excluding hydrogens is 292 g/mol. The molecule has 0 spiro atoms. The van der Waals surface area contributed by atoms with Gasteiger partial charge in [-0.05, 0) is 37.1 Å². The predicted octanol–water partition coefficient (Wildman–Crippen LogP) is 3.14. The van der Waals surface area contributed by atoms with Crippen molar-refractivity contribution in [1.29, 1.82) is 0 Å².